The van der Waals surface area contributed by atoms with Gasteiger partial charge in [-0.3, -0.25) is 14.5 Å². The highest BCUT2D eigenvalue weighted by atomic mass is 35.5. The summed E-state index contributed by atoms with van der Waals surface area (Å²) < 4.78 is 0.654. The summed E-state index contributed by atoms with van der Waals surface area (Å²) in [6, 6.07) is 3.13. The van der Waals surface area contributed by atoms with Crippen molar-refractivity contribution >= 4 is 40.8 Å². The standard InChI is InChI=1S/C16H20ClN3O3S/c1-10-4-6-16(7-5-10)14(22)20(15(23)19-16)9-13(21)18-8-11-2-3-12(17)24-11/h2-3,10H,4-9H2,1H3,(H,18,21)(H,19,23). The maximum Gasteiger partial charge on any atom is 0.325 e. The van der Waals surface area contributed by atoms with Gasteiger partial charge < -0.3 is 10.6 Å². The molecular weight excluding hydrogens is 350 g/mol. The lowest BCUT2D eigenvalue weighted by atomic mass is 9.77. The molecule has 0 radical (unpaired) electrons. The Labute approximate surface area is 149 Å². The van der Waals surface area contributed by atoms with E-state index in [1.165, 1.54) is 11.3 Å². The number of nitrogens with zero attached hydrogens (tertiary/aromatic N) is 1. The number of rotatable bonds is 4. The van der Waals surface area contributed by atoms with Crippen LogP contribution in [0.5, 0.6) is 0 Å². The van der Waals surface area contributed by atoms with Crippen molar-refractivity contribution in [2.45, 2.75) is 44.7 Å². The molecule has 1 saturated carbocycles. The first-order valence-electron chi connectivity index (χ1n) is 8.05. The first kappa shape index (κ1) is 17.2. The molecule has 1 saturated heterocycles. The van der Waals surface area contributed by atoms with E-state index in [-0.39, 0.29) is 18.4 Å². The van der Waals surface area contributed by atoms with Crippen LogP contribution in [0, 0.1) is 5.92 Å². The molecule has 4 amide bonds. The van der Waals surface area contributed by atoms with E-state index in [4.69, 9.17) is 11.6 Å². The summed E-state index contributed by atoms with van der Waals surface area (Å²) in [5.41, 5.74) is -0.800. The van der Waals surface area contributed by atoms with Crippen LogP contribution in [0.25, 0.3) is 0 Å². The summed E-state index contributed by atoms with van der Waals surface area (Å²) in [6.07, 6.45) is 3.10. The highest BCUT2D eigenvalue weighted by Gasteiger charge is 2.52. The number of hydrogen-bond donors (Lipinski definition) is 2. The largest absolute Gasteiger partial charge is 0.350 e. The van der Waals surface area contributed by atoms with E-state index in [1.54, 1.807) is 6.07 Å². The van der Waals surface area contributed by atoms with Crippen molar-refractivity contribution in [3.8, 4) is 0 Å². The van der Waals surface area contributed by atoms with Crippen LogP contribution in [0.15, 0.2) is 12.1 Å². The van der Waals surface area contributed by atoms with Crippen LogP contribution in [0.2, 0.25) is 4.34 Å². The van der Waals surface area contributed by atoms with Crippen LogP contribution in [0.1, 0.15) is 37.5 Å². The van der Waals surface area contributed by atoms with Crippen molar-refractivity contribution in [3.63, 3.8) is 0 Å². The zero-order valence-corrected chi connectivity index (χ0v) is 15.0. The topological polar surface area (TPSA) is 78.5 Å². The lowest BCUT2D eigenvalue weighted by molar-refractivity contribution is -0.136. The maximum atomic E-state index is 12.7. The zero-order valence-electron chi connectivity index (χ0n) is 13.4. The van der Waals surface area contributed by atoms with Crippen LogP contribution < -0.4 is 10.6 Å². The van der Waals surface area contributed by atoms with Crippen molar-refractivity contribution in [2.24, 2.45) is 5.92 Å². The van der Waals surface area contributed by atoms with Gasteiger partial charge in [0.25, 0.3) is 5.91 Å². The van der Waals surface area contributed by atoms with Crippen molar-refractivity contribution in [1.82, 2.24) is 15.5 Å². The quantitative estimate of drug-likeness (QED) is 0.800. The smallest absolute Gasteiger partial charge is 0.325 e. The molecular formula is C16H20ClN3O3S. The fourth-order valence-electron chi connectivity index (χ4n) is 3.25. The van der Waals surface area contributed by atoms with E-state index < -0.39 is 11.6 Å². The van der Waals surface area contributed by atoms with Crippen molar-refractivity contribution in [1.29, 1.82) is 0 Å². The van der Waals surface area contributed by atoms with Gasteiger partial charge in [-0.1, -0.05) is 18.5 Å². The predicted molar refractivity (Wildman–Crippen MR) is 91.8 cm³/mol. The Balaban J connectivity index is 1.57. The molecule has 1 aliphatic heterocycles. The van der Waals surface area contributed by atoms with E-state index in [0.29, 0.717) is 29.6 Å². The minimum Gasteiger partial charge on any atom is -0.350 e. The Hall–Kier alpha value is -1.60. The summed E-state index contributed by atoms with van der Waals surface area (Å²) in [6.45, 7) is 2.24. The van der Waals surface area contributed by atoms with Crippen molar-refractivity contribution < 1.29 is 14.4 Å². The molecule has 1 aromatic rings. The van der Waals surface area contributed by atoms with E-state index in [0.717, 1.165) is 22.6 Å². The number of imide groups is 1. The van der Waals surface area contributed by atoms with E-state index in [1.807, 2.05) is 6.07 Å². The SMILES string of the molecule is CC1CCC2(CC1)NC(=O)N(CC(=O)NCc1ccc(Cl)s1)C2=O. The lowest BCUT2D eigenvalue weighted by Crippen LogP contribution is -2.49. The predicted octanol–water partition coefficient (Wildman–Crippen LogP) is 2.52. The molecule has 0 atom stereocenters. The monoisotopic (exact) mass is 369 g/mol. The molecule has 130 valence electrons. The number of urea groups is 1. The second kappa shape index (κ2) is 6.72. The van der Waals surface area contributed by atoms with Crippen LogP contribution in [0.4, 0.5) is 4.79 Å². The third kappa shape index (κ3) is 3.42. The second-order valence-electron chi connectivity index (χ2n) is 6.57. The summed E-state index contributed by atoms with van der Waals surface area (Å²) in [5.74, 6) is -0.0618. The number of carbonyl (C=O) groups excluding carboxylic acids is 3. The number of hydrogen-bond acceptors (Lipinski definition) is 4. The second-order valence-corrected chi connectivity index (χ2v) is 8.37. The van der Waals surface area contributed by atoms with E-state index >= 15 is 0 Å². The number of halogens is 1. The summed E-state index contributed by atoms with van der Waals surface area (Å²) >= 11 is 7.23. The van der Waals surface area contributed by atoms with E-state index in [2.05, 4.69) is 17.6 Å². The molecule has 2 aliphatic rings. The first-order chi connectivity index (χ1) is 11.4. The fourth-order valence-corrected chi connectivity index (χ4v) is 4.27. The highest BCUT2D eigenvalue weighted by Crippen LogP contribution is 2.36. The Morgan fingerprint density at radius 2 is 2.12 bits per heavy atom. The average molecular weight is 370 g/mol. The minimum atomic E-state index is -0.800. The molecule has 1 aromatic heterocycles. The van der Waals surface area contributed by atoms with Gasteiger partial charge in [0.2, 0.25) is 5.91 Å². The van der Waals surface area contributed by atoms with Crippen LogP contribution in [-0.2, 0) is 16.1 Å². The Morgan fingerprint density at radius 1 is 1.42 bits per heavy atom. The summed E-state index contributed by atoms with van der Waals surface area (Å²) in [4.78, 5) is 38.8. The molecule has 1 spiro atoms. The maximum absolute atomic E-state index is 12.7. The Morgan fingerprint density at radius 3 is 2.75 bits per heavy atom. The third-order valence-corrected chi connectivity index (χ3v) is 6.00. The fraction of sp³-hybridized carbons (Fsp3) is 0.562. The lowest BCUT2D eigenvalue weighted by Gasteiger charge is -2.33. The average Bonchev–Trinajstić information content (AvgIpc) is 3.06. The molecule has 24 heavy (non-hydrogen) atoms. The minimum absolute atomic E-state index is 0.249. The first-order valence-corrected chi connectivity index (χ1v) is 9.24. The van der Waals surface area contributed by atoms with Gasteiger partial charge >= 0.3 is 6.03 Å². The van der Waals surface area contributed by atoms with Gasteiger partial charge in [0, 0.05) is 4.88 Å². The summed E-state index contributed by atoms with van der Waals surface area (Å²) in [5, 5.41) is 5.53. The molecule has 0 unspecified atom stereocenters. The number of nitrogens with one attached hydrogen (secondary N) is 2. The molecule has 1 aliphatic carbocycles. The zero-order chi connectivity index (χ0) is 17.3. The Bertz CT molecular complexity index is 667. The molecule has 8 heteroatoms. The third-order valence-electron chi connectivity index (χ3n) is 4.76. The number of carbonyl (C=O) groups is 3. The van der Waals surface area contributed by atoms with Crippen LogP contribution in [0.3, 0.4) is 0 Å². The van der Waals surface area contributed by atoms with Crippen molar-refractivity contribution in [3.05, 3.63) is 21.3 Å². The molecule has 0 bridgehead atoms. The summed E-state index contributed by atoms with van der Waals surface area (Å²) in [7, 11) is 0. The van der Waals surface area contributed by atoms with Gasteiger partial charge in [-0.15, -0.1) is 11.3 Å². The van der Waals surface area contributed by atoms with Crippen molar-refractivity contribution in [2.75, 3.05) is 6.54 Å². The molecule has 2 N–H and O–H groups in total. The molecule has 2 heterocycles. The van der Waals surface area contributed by atoms with Gasteiger partial charge in [0.1, 0.15) is 12.1 Å². The highest BCUT2D eigenvalue weighted by molar-refractivity contribution is 7.16. The number of thiophene rings is 1. The molecule has 0 aromatic carbocycles. The van der Waals surface area contributed by atoms with E-state index in [9.17, 15) is 14.4 Å². The number of amides is 4. The van der Waals surface area contributed by atoms with Crippen LogP contribution >= 0.6 is 22.9 Å². The molecule has 6 nitrogen and oxygen atoms in total. The molecule has 3 rings (SSSR count). The van der Waals surface area contributed by atoms with Gasteiger partial charge in [-0.2, -0.15) is 0 Å². The normalized spacial score (nSPS) is 26.8. The van der Waals surface area contributed by atoms with Gasteiger partial charge in [-0.25, -0.2) is 4.79 Å². The molecule has 2 fully saturated rings. The van der Waals surface area contributed by atoms with Crippen LogP contribution in [-0.4, -0.2) is 34.8 Å². The van der Waals surface area contributed by atoms with Gasteiger partial charge in [0.05, 0.1) is 10.9 Å². The Kier molecular flexibility index (Phi) is 4.83. The van der Waals surface area contributed by atoms with Gasteiger partial charge in [-0.05, 0) is 43.7 Å². The van der Waals surface area contributed by atoms with Gasteiger partial charge in [0.15, 0.2) is 0 Å².